The first-order chi connectivity index (χ1) is 13.7. The van der Waals surface area contributed by atoms with Gasteiger partial charge in [-0.15, -0.1) is 0 Å². The first-order valence-electron chi connectivity index (χ1n) is 9.47. The van der Waals surface area contributed by atoms with Crippen LogP contribution in [0.1, 0.15) is 24.0 Å². The van der Waals surface area contributed by atoms with Gasteiger partial charge in [0.15, 0.2) is 0 Å². The Morgan fingerprint density at radius 3 is 2.54 bits per heavy atom. The number of aromatic amines is 1. The van der Waals surface area contributed by atoms with Crippen LogP contribution in [0.25, 0.3) is 10.9 Å². The lowest BCUT2D eigenvalue weighted by Gasteiger charge is -2.16. The number of fused-ring (bicyclic) bond motifs is 1. The van der Waals surface area contributed by atoms with Crippen molar-refractivity contribution in [3.63, 3.8) is 0 Å². The normalized spacial score (nSPS) is 11.9. The molecule has 0 bridgehead atoms. The molecule has 1 aromatic heterocycles. The summed E-state index contributed by atoms with van der Waals surface area (Å²) in [4.78, 5) is 27.5. The number of hydrogen-bond acceptors (Lipinski definition) is 3. The van der Waals surface area contributed by atoms with Gasteiger partial charge in [-0.3, -0.25) is 14.8 Å². The van der Waals surface area contributed by atoms with E-state index in [-0.39, 0.29) is 12.3 Å². The van der Waals surface area contributed by atoms with Crippen LogP contribution in [0.4, 0.5) is 0 Å². The number of para-hydroxylation sites is 1. The summed E-state index contributed by atoms with van der Waals surface area (Å²) in [5, 5.41) is 12.9. The molecule has 0 aliphatic heterocycles. The molecule has 1 heterocycles. The third-order valence-corrected chi connectivity index (χ3v) is 4.92. The summed E-state index contributed by atoms with van der Waals surface area (Å²) < 4.78 is 0. The zero-order valence-corrected chi connectivity index (χ0v) is 15.7. The van der Waals surface area contributed by atoms with Crippen molar-refractivity contribution >= 4 is 22.7 Å². The lowest BCUT2D eigenvalue weighted by Crippen LogP contribution is -2.35. The highest BCUT2D eigenvalue weighted by atomic mass is 16.5. The molecule has 6 nitrogen and oxygen atoms in total. The van der Waals surface area contributed by atoms with Crippen molar-refractivity contribution in [3.05, 3.63) is 71.9 Å². The van der Waals surface area contributed by atoms with Crippen molar-refractivity contribution < 1.29 is 14.8 Å². The molecule has 6 heteroatoms. The van der Waals surface area contributed by atoms with Crippen LogP contribution < -0.4 is 10.8 Å². The first kappa shape index (κ1) is 19.6. The van der Waals surface area contributed by atoms with Gasteiger partial charge in [-0.1, -0.05) is 48.5 Å². The molecule has 3 rings (SSSR count). The molecular formula is C22H25N3O3. The summed E-state index contributed by atoms with van der Waals surface area (Å²) in [6, 6.07) is 17.9. The first-order valence-corrected chi connectivity index (χ1v) is 9.47. The number of amides is 2. The van der Waals surface area contributed by atoms with Crippen LogP contribution in [-0.4, -0.2) is 28.6 Å². The second-order valence-corrected chi connectivity index (χ2v) is 6.86. The Morgan fingerprint density at radius 1 is 1.00 bits per heavy atom. The van der Waals surface area contributed by atoms with Gasteiger partial charge in [-0.25, -0.2) is 5.48 Å². The lowest BCUT2D eigenvalue weighted by atomic mass is 9.95. The second kappa shape index (κ2) is 9.71. The summed E-state index contributed by atoms with van der Waals surface area (Å²) in [5.41, 5.74) is 4.96. The molecule has 0 fully saturated rings. The number of benzene rings is 2. The van der Waals surface area contributed by atoms with Crippen LogP contribution in [0, 0.1) is 5.92 Å². The van der Waals surface area contributed by atoms with E-state index < -0.39 is 11.8 Å². The number of aryl methyl sites for hydroxylation is 1. The molecule has 0 saturated carbocycles. The molecular weight excluding hydrogens is 354 g/mol. The SMILES string of the molecule is O=C(CC(CCc1ccccc1)C(=O)NCCc1c[nH]c2ccccc12)NO. The largest absolute Gasteiger partial charge is 0.361 e. The van der Waals surface area contributed by atoms with Crippen molar-refractivity contribution in [2.45, 2.75) is 25.7 Å². The maximum atomic E-state index is 12.6. The highest BCUT2D eigenvalue weighted by Crippen LogP contribution is 2.18. The van der Waals surface area contributed by atoms with Crippen molar-refractivity contribution in [2.24, 2.45) is 5.92 Å². The fourth-order valence-electron chi connectivity index (χ4n) is 3.38. The van der Waals surface area contributed by atoms with E-state index >= 15 is 0 Å². The van der Waals surface area contributed by atoms with Gasteiger partial charge in [0, 0.05) is 36.0 Å². The van der Waals surface area contributed by atoms with Gasteiger partial charge in [0.25, 0.3) is 0 Å². The van der Waals surface area contributed by atoms with Crippen molar-refractivity contribution in [1.29, 1.82) is 0 Å². The van der Waals surface area contributed by atoms with E-state index in [0.29, 0.717) is 25.8 Å². The summed E-state index contributed by atoms with van der Waals surface area (Å²) in [7, 11) is 0. The minimum absolute atomic E-state index is 0.0394. The van der Waals surface area contributed by atoms with Gasteiger partial charge in [-0.05, 0) is 36.5 Å². The van der Waals surface area contributed by atoms with Gasteiger partial charge in [0.1, 0.15) is 0 Å². The van der Waals surface area contributed by atoms with Crippen molar-refractivity contribution in [2.75, 3.05) is 6.54 Å². The Hall–Kier alpha value is -3.12. The van der Waals surface area contributed by atoms with Crippen molar-refractivity contribution in [1.82, 2.24) is 15.8 Å². The number of carbonyl (C=O) groups excluding carboxylic acids is 2. The fraction of sp³-hybridized carbons (Fsp3) is 0.273. The Bertz CT molecular complexity index is 921. The molecule has 1 unspecified atom stereocenters. The molecule has 2 aromatic carbocycles. The van der Waals surface area contributed by atoms with Gasteiger partial charge in [0.05, 0.1) is 0 Å². The summed E-state index contributed by atoms with van der Waals surface area (Å²) in [6.45, 7) is 0.489. The highest BCUT2D eigenvalue weighted by molar-refractivity contribution is 5.85. The highest BCUT2D eigenvalue weighted by Gasteiger charge is 2.21. The predicted molar refractivity (Wildman–Crippen MR) is 108 cm³/mol. The van der Waals surface area contributed by atoms with E-state index in [9.17, 15) is 9.59 Å². The monoisotopic (exact) mass is 379 g/mol. The number of carbonyl (C=O) groups is 2. The smallest absolute Gasteiger partial charge is 0.244 e. The van der Waals surface area contributed by atoms with Gasteiger partial charge < -0.3 is 10.3 Å². The van der Waals surface area contributed by atoms with E-state index in [2.05, 4.69) is 16.4 Å². The number of H-pyrrole nitrogens is 1. The fourth-order valence-corrected chi connectivity index (χ4v) is 3.38. The summed E-state index contributed by atoms with van der Waals surface area (Å²) >= 11 is 0. The molecule has 2 amide bonds. The zero-order chi connectivity index (χ0) is 19.8. The van der Waals surface area contributed by atoms with Crippen LogP contribution in [0.3, 0.4) is 0 Å². The van der Waals surface area contributed by atoms with Crippen LogP contribution in [0.15, 0.2) is 60.8 Å². The number of hydroxylamine groups is 1. The number of aromatic nitrogens is 1. The summed E-state index contributed by atoms with van der Waals surface area (Å²) in [6.07, 6.45) is 3.86. The standard InChI is InChI=1S/C22H25N3O3/c26-21(25-28)14-17(11-10-16-6-2-1-3-7-16)22(27)23-13-12-18-15-24-20-9-5-4-8-19(18)20/h1-9,15,17,24,28H,10-14H2,(H,23,27)(H,25,26). The maximum Gasteiger partial charge on any atom is 0.244 e. The number of hydrogen-bond donors (Lipinski definition) is 4. The molecule has 28 heavy (non-hydrogen) atoms. The quantitative estimate of drug-likeness (QED) is 0.340. The molecule has 3 aromatic rings. The number of rotatable bonds is 9. The molecule has 146 valence electrons. The maximum absolute atomic E-state index is 12.6. The molecule has 0 saturated heterocycles. The lowest BCUT2D eigenvalue weighted by molar-refractivity contribution is -0.134. The molecule has 0 aliphatic rings. The van der Waals surface area contributed by atoms with Crippen LogP contribution in [-0.2, 0) is 22.4 Å². The van der Waals surface area contributed by atoms with E-state index in [1.807, 2.05) is 54.7 Å². The Balaban J connectivity index is 1.56. The van der Waals surface area contributed by atoms with Gasteiger partial charge in [-0.2, -0.15) is 0 Å². The Kier molecular flexibility index (Phi) is 6.81. The van der Waals surface area contributed by atoms with Crippen LogP contribution >= 0.6 is 0 Å². The molecule has 4 N–H and O–H groups in total. The van der Waals surface area contributed by atoms with E-state index in [1.54, 1.807) is 5.48 Å². The third-order valence-electron chi connectivity index (χ3n) is 4.92. The van der Waals surface area contributed by atoms with E-state index in [1.165, 1.54) is 0 Å². The average Bonchev–Trinajstić information content (AvgIpc) is 3.14. The van der Waals surface area contributed by atoms with E-state index in [0.717, 1.165) is 22.0 Å². The Morgan fingerprint density at radius 2 is 1.75 bits per heavy atom. The predicted octanol–water partition coefficient (Wildman–Crippen LogP) is 2.97. The number of nitrogens with one attached hydrogen (secondary N) is 3. The average molecular weight is 379 g/mol. The minimum atomic E-state index is -0.551. The Labute approximate surface area is 163 Å². The molecule has 1 atom stereocenters. The second-order valence-electron chi connectivity index (χ2n) is 6.86. The topological polar surface area (TPSA) is 94.2 Å². The molecule has 0 aliphatic carbocycles. The summed E-state index contributed by atoms with van der Waals surface area (Å²) in [5.74, 6) is -1.21. The van der Waals surface area contributed by atoms with Crippen LogP contribution in [0.5, 0.6) is 0 Å². The van der Waals surface area contributed by atoms with Gasteiger partial charge >= 0.3 is 0 Å². The van der Waals surface area contributed by atoms with E-state index in [4.69, 9.17) is 5.21 Å². The van der Waals surface area contributed by atoms with Crippen molar-refractivity contribution in [3.8, 4) is 0 Å². The molecule has 0 radical (unpaired) electrons. The molecule has 0 spiro atoms. The van der Waals surface area contributed by atoms with Crippen LogP contribution in [0.2, 0.25) is 0 Å². The third kappa shape index (κ3) is 5.20. The zero-order valence-electron chi connectivity index (χ0n) is 15.7. The van der Waals surface area contributed by atoms with Gasteiger partial charge in [0.2, 0.25) is 11.8 Å². The minimum Gasteiger partial charge on any atom is -0.361 e.